The van der Waals surface area contributed by atoms with Crippen LogP contribution in [0.1, 0.15) is 19.4 Å². The van der Waals surface area contributed by atoms with Crippen molar-refractivity contribution < 1.29 is 10.0 Å². The second-order valence-corrected chi connectivity index (χ2v) is 5.83. The summed E-state index contributed by atoms with van der Waals surface area (Å²) < 4.78 is 0. The van der Waals surface area contributed by atoms with E-state index in [2.05, 4.69) is 30.1 Å². The molecule has 0 saturated heterocycles. The first-order valence-corrected chi connectivity index (χ1v) is 8.42. The van der Waals surface area contributed by atoms with Gasteiger partial charge in [0.25, 0.3) is 5.91 Å². The van der Waals surface area contributed by atoms with Crippen LogP contribution in [0.4, 0.5) is 5.69 Å². The topological polar surface area (TPSA) is 64.6 Å². The lowest BCUT2D eigenvalue weighted by Gasteiger charge is -2.18. The van der Waals surface area contributed by atoms with E-state index >= 15 is 0 Å². The molecule has 5 nitrogen and oxygen atoms in total. The van der Waals surface area contributed by atoms with Gasteiger partial charge in [0.2, 0.25) is 0 Å². The molecule has 0 fully saturated rings. The maximum atomic E-state index is 11.0. The Labute approximate surface area is 136 Å². The van der Waals surface area contributed by atoms with Gasteiger partial charge in [-0.1, -0.05) is 19.9 Å². The number of nitrogens with zero attached hydrogens (tertiary/aromatic N) is 1. The lowest BCUT2D eigenvalue weighted by atomic mass is 10.2. The average molecular weight is 323 g/mol. The molecule has 0 heterocycles. The quantitative estimate of drug-likeness (QED) is 0.282. The van der Waals surface area contributed by atoms with Crippen molar-refractivity contribution in [3.8, 4) is 0 Å². The molecule has 0 spiro atoms. The molecule has 0 unspecified atom stereocenters. The summed E-state index contributed by atoms with van der Waals surface area (Å²) in [6, 6.07) is 6.00. The summed E-state index contributed by atoms with van der Waals surface area (Å²) in [7, 11) is 1.89. The van der Waals surface area contributed by atoms with Crippen LogP contribution in [0.5, 0.6) is 0 Å². The van der Waals surface area contributed by atoms with Gasteiger partial charge in [-0.2, -0.15) is 0 Å². The van der Waals surface area contributed by atoms with Crippen LogP contribution in [-0.4, -0.2) is 48.4 Å². The van der Waals surface area contributed by atoms with Gasteiger partial charge in [-0.15, -0.1) is 11.8 Å². The maximum absolute atomic E-state index is 11.0. The van der Waals surface area contributed by atoms with E-state index < -0.39 is 5.91 Å². The van der Waals surface area contributed by atoms with Crippen LogP contribution < -0.4 is 10.8 Å². The zero-order chi connectivity index (χ0) is 16.4. The molecule has 3 N–H and O–H groups in total. The van der Waals surface area contributed by atoms with Crippen molar-refractivity contribution in [2.45, 2.75) is 18.7 Å². The first-order chi connectivity index (χ1) is 10.6. The maximum Gasteiger partial charge on any atom is 0.267 e. The third-order valence-electron chi connectivity index (χ3n) is 3.37. The van der Waals surface area contributed by atoms with Crippen LogP contribution >= 0.6 is 11.8 Å². The normalized spacial score (nSPS) is 11.1. The fraction of sp³-hybridized carbons (Fsp3) is 0.438. The molecule has 22 heavy (non-hydrogen) atoms. The Morgan fingerprint density at radius 1 is 1.36 bits per heavy atom. The number of rotatable bonds is 9. The van der Waals surface area contributed by atoms with E-state index in [9.17, 15) is 4.79 Å². The summed E-state index contributed by atoms with van der Waals surface area (Å²) in [4.78, 5) is 14.6. The van der Waals surface area contributed by atoms with Crippen molar-refractivity contribution in [3.05, 3.63) is 29.8 Å². The van der Waals surface area contributed by atoms with Gasteiger partial charge in [0, 0.05) is 36.0 Å². The van der Waals surface area contributed by atoms with Gasteiger partial charge in [0.15, 0.2) is 0 Å². The molecule has 0 aliphatic carbocycles. The van der Waals surface area contributed by atoms with Gasteiger partial charge in [0.1, 0.15) is 0 Å². The number of hydrogen-bond donors (Lipinski definition) is 3. The highest BCUT2D eigenvalue weighted by atomic mass is 32.2. The molecule has 0 radical (unpaired) electrons. The highest BCUT2D eigenvalue weighted by molar-refractivity contribution is 7.99. The van der Waals surface area contributed by atoms with Crippen molar-refractivity contribution in [1.29, 1.82) is 0 Å². The Kier molecular flexibility index (Phi) is 8.65. The van der Waals surface area contributed by atoms with Crippen LogP contribution in [-0.2, 0) is 4.79 Å². The van der Waals surface area contributed by atoms with E-state index in [-0.39, 0.29) is 0 Å². The van der Waals surface area contributed by atoms with Crippen molar-refractivity contribution in [1.82, 2.24) is 10.4 Å². The number of benzene rings is 1. The minimum absolute atomic E-state index is 0.538. The Hall–Kier alpha value is -1.50. The number of nitrogens with one attached hydrogen (secondary N) is 2. The summed E-state index contributed by atoms with van der Waals surface area (Å²) >= 11 is 1.82. The van der Waals surface area contributed by atoms with E-state index in [4.69, 9.17) is 5.21 Å². The van der Waals surface area contributed by atoms with E-state index in [1.54, 1.807) is 11.6 Å². The van der Waals surface area contributed by atoms with Gasteiger partial charge >= 0.3 is 0 Å². The van der Waals surface area contributed by atoms with Crippen molar-refractivity contribution in [3.63, 3.8) is 0 Å². The lowest BCUT2D eigenvalue weighted by molar-refractivity contribution is -0.124. The van der Waals surface area contributed by atoms with Gasteiger partial charge in [-0.3, -0.25) is 10.0 Å². The zero-order valence-electron chi connectivity index (χ0n) is 13.4. The largest absolute Gasteiger partial charge is 0.387 e. The van der Waals surface area contributed by atoms with Crippen LogP contribution in [0.25, 0.3) is 6.08 Å². The fourth-order valence-electron chi connectivity index (χ4n) is 2.01. The molecule has 0 aromatic heterocycles. The molecular weight excluding hydrogens is 298 g/mol. The summed E-state index contributed by atoms with van der Waals surface area (Å²) in [6.45, 7) is 7.58. The monoisotopic (exact) mass is 323 g/mol. The molecule has 122 valence electrons. The van der Waals surface area contributed by atoms with E-state index in [1.165, 1.54) is 11.0 Å². The Morgan fingerprint density at radius 3 is 2.68 bits per heavy atom. The predicted molar refractivity (Wildman–Crippen MR) is 93.5 cm³/mol. The Bertz CT molecular complexity index is 502. The molecule has 1 aromatic carbocycles. The molecule has 1 aromatic rings. The number of hydroxylamine groups is 1. The number of anilines is 1. The van der Waals surface area contributed by atoms with Crippen LogP contribution in [0.2, 0.25) is 0 Å². The van der Waals surface area contributed by atoms with Crippen LogP contribution in [0.3, 0.4) is 0 Å². The van der Waals surface area contributed by atoms with E-state index in [0.29, 0.717) is 0 Å². The SMILES string of the molecule is CCN(CC)CCSc1ccc(C=CC(=O)NO)cc1NC. The van der Waals surface area contributed by atoms with E-state index in [0.717, 1.165) is 36.6 Å². The third-order valence-corrected chi connectivity index (χ3v) is 4.42. The number of hydrogen-bond acceptors (Lipinski definition) is 5. The Morgan fingerprint density at radius 2 is 2.09 bits per heavy atom. The first-order valence-electron chi connectivity index (χ1n) is 7.43. The number of thioether (sulfide) groups is 1. The zero-order valence-corrected chi connectivity index (χ0v) is 14.2. The van der Waals surface area contributed by atoms with Gasteiger partial charge in [0.05, 0.1) is 0 Å². The predicted octanol–water partition coefficient (Wildman–Crippen LogP) is 2.68. The third kappa shape index (κ3) is 6.09. The summed E-state index contributed by atoms with van der Waals surface area (Å²) in [5, 5.41) is 11.7. The minimum atomic E-state index is -0.538. The molecule has 0 aliphatic rings. The minimum Gasteiger partial charge on any atom is -0.387 e. The van der Waals surface area contributed by atoms with Gasteiger partial charge < -0.3 is 10.2 Å². The summed E-state index contributed by atoms with van der Waals surface area (Å²) in [5.41, 5.74) is 3.52. The van der Waals surface area contributed by atoms with Crippen molar-refractivity contribution in [2.24, 2.45) is 0 Å². The fourth-order valence-corrected chi connectivity index (χ4v) is 3.06. The molecule has 1 amide bonds. The van der Waals surface area contributed by atoms with Crippen molar-refractivity contribution in [2.75, 3.05) is 37.8 Å². The smallest absolute Gasteiger partial charge is 0.267 e. The molecule has 0 bridgehead atoms. The van der Waals surface area contributed by atoms with Crippen LogP contribution in [0, 0.1) is 0 Å². The average Bonchev–Trinajstić information content (AvgIpc) is 2.57. The number of carbonyl (C=O) groups excluding carboxylic acids is 1. The van der Waals surface area contributed by atoms with Gasteiger partial charge in [-0.05, 0) is 36.9 Å². The molecule has 1 rings (SSSR count). The molecule has 6 heteroatoms. The number of amides is 1. The van der Waals surface area contributed by atoms with Crippen LogP contribution in [0.15, 0.2) is 29.2 Å². The second-order valence-electron chi connectivity index (χ2n) is 4.69. The molecule has 0 aliphatic heterocycles. The first kappa shape index (κ1) is 18.5. The number of carbonyl (C=O) groups is 1. The second kappa shape index (κ2) is 10.3. The molecular formula is C16H25N3O2S. The van der Waals surface area contributed by atoms with Gasteiger partial charge in [-0.25, -0.2) is 5.48 Å². The lowest BCUT2D eigenvalue weighted by Crippen LogP contribution is -2.25. The molecule has 0 atom stereocenters. The van der Waals surface area contributed by atoms with E-state index in [1.807, 2.05) is 30.9 Å². The van der Waals surface area contributed by atoms with Crippen molar-refractivity contribution >= 4 is 29.4 Å². The summed E-state index contributed by atoms with van der Waals surface area (Å²) in [6.07, 6.45) is 2.96. The standard InChI is InChI=1S/C16H25N3O2S/c1-4-19(5-2)10-11-22-15-8-6-13(12-14(15)17-3)7-9-16(20)18-21/h6-9,12,17,21H,4-5,10-11H2,1-3H3,(H,18,20). The summed E-state index contributed by atoms with van der Waals surface area (Å²) in [5.74, 6) is 0.502. The molecule has 0 saturated carbocycles. The Balaban J connectivity index is 2.68. The highest BCUT2D eigenvalue weighted by Gasteiger charge is 2.05. The highest BCUT2D eigenvalue weighted by Crippen LogP contribution is 2.28.